The number of amides is 1. The van der Waals surface area contributed by atoms with Crippen LogP contribution >= 0.6 is 34.8 Å². The Morgan fingerprint density at radius 2 is 1.64 bits per heavy atom. The zero-order valence-corrected chi connectivity index (χ0v) is 20.0. The maximum atomic E-state index is 13.2. The first kappa shape index (κ1) is 23.7. The molecule has 1 saturated carbocycles. The Labute approximate surface area is 206 Å². The van der Waals surface area contributed by atoms with E-state index in [1.807, 2.05) is 0 Å². The van der Waals surface area contributed by atoms with Crippen LogP contribution in [0.1, 0.15) is 49.3 Å². The summed E-state index contributed by atoms with van der Waals surface area (Å²) in [6.45, 7) is 0. The maximum Gasteiger partial charge on any atom is 0.295 e. The van der Waals surface area contributed by atoms with E-state index in [-0.39, 0.29) is 43.7 Å². The number of phenols is 1. The number of carbonyl (C=O) groups is 2. The van der Waals surface area contributed by atoms with Gasteiger partial charge in [0, 0.05) is 11.6 Å². The number of likely N-dealkylation sites (tertiary alicyclic amines) is 1. The van der Waals surface area contributed by atoms with Crippen LogP contribution in [0.15, 0.2) is 35.9 Å². The van der Waals surface area contributed by atoms with Crippen molar-refractivity contribution in [2.75, 3.05) is 7.11 Å². The van der Waals surface area contributed by atoms with Crippen LogP contribution in [0.2, 0.25) is 15.1 Å². The first-order valence-corrected chi connectivity index (χ1v) is 11.7. The van der Waals surface area contributed by atoms with Crippen molar-refractivity contribution in [3.05, 3.63) is 62.1 Å². The minimum atomic E-state index is -0.870. The molecule has 0 bridgehead atoms. The van der Waals surface area contributed by atoms with Crippen LogP contribution in [0.4, 0.5) is 0 Å². The number of rotatable bonds is 4. The first-order valence-electron chi connectivity index (χ1n) is 10.6. The summed E-state index contributed by atoms with van der Waals surface area (Å²) >= 11 is 18.6. The highest BCUT2D eigenvalue weighted by atomic mass is 35.5. The topological polar surface area (TPSA) is 87.1 Å². The molecular weight excluding hydrogens is 489 g/mol. The standard InChI is InChI=1S/C24H22Cl3NO5/c1-33-23-16(26)10-13(11-17(23)27)21(30)19-20(12-7-8-18(29)15(25)9-12)28(24(32)22(19)31)14-5-3-2-4-6-14/h7-11,14,20,29-30H,2-6H2,1H3/b21-19+. The third kappa shape index (κ3) is 4.27. The number of Topliss-reactive ketones (excluding diaryl/α,β-unsaturated/α-hetero) is 1. The van der Waals surface area contributed by atoms with E-state index in [1.54, 1.807) is 11.0 Å². The molecule has 1 amide bonds. The van der Waals surface area contributed by atoms with Gasteiger partial charge in [-0.05, 0) is 42.7 Å². The number of halogens is 3. The fourth-order valence-corrected chi connectivity index (χ4v) is 5.48. The number of hydrogen-bond donors (Lipinski definition) is 2. The molecule has 2 aromatic rings. The van der Waals surface area contributed by atoms with Gasteiger partial charge < -0.3 is 19.8 Å². The molecule has 2 aliphatic rings. The normalized spacial score (nSPS) is 21.0. The minimum absolute atomic E-state index is 0.0790. The third-order valence-corrected chi connectivity index (χ3v) is 7.08. The summed E-state index contributed by atoms with van der Waals surface area (Å²) in [4.78, 5) is 28.0. The second kappa shape index (κ2) is 9.45. The number of carbonyl (C=O) groups excluding carboxylic acids is 2. The molecule has 2 fully saturated rings. The van der Waals surface area contributed by atoms with Gasteiger partial charge >= 0.3 is 0 Å². The average molecular weight is 511 g/mol. The largest absolute Gasteiger partial charge is 0.507 e. The molecule has 4 rings (SSSR count). The van der Waals surface area contributed by atoms with E-state index in [9.17, 15) is 19.8 Å². The lowest BCUT2D eigenvalue weighted by atomic mass is 9.91. The Balaban J connectivity index is 1.91. The van der Waals surface area contributed by atoms with Crippen molar-refractivity contribution in [3.8, 4) is 11.5 Å². The highest BCUT2D eigenvalue weighted by Crippen LogP contribution is 2.45. The van der Waals surface area contributed by atoms with Crippen LogP contribution < -0.4 is 4.74 Å². The molecule has 33 heavy (non-hydrogen) atoms. The van der Waals surface area contributed by atoms with Gasteiger partial charge in [0.25, 0.3) is 11.7 Å². The fraction of sp³-hybridized carbons (Fsp3) is 0.333. The summed E-state index contributed by atoms with van der Waals surface area (Å²) in [7, 11) is 1.41. The molecule has 1 heterocycles. The van der Waals surface area contributed by atoms with Gasteiger partial charge in [-0.25, -0.2) is 0 Å². The number of aliphatic hydroxyl groups is 1. The van der Waals surface area contributed by atoms with Gasteiger partial charge in [-0.15, -0.1) is 0 Å². The van der Waals surface area contributed by atoms with Gasteiger partial charge in [0.1, 0.15) is 11.5 Å². The van der Waals surface area contributed by atoms with Crippen LogP contribution in [-0.2, 0) is 9.59 Å². The number of hydrogen-bond acceptors (Lipinski definition) is 5. The molecule has 174 valence electrons. The molecule has 1 aliphatic heterocycles. The van der Waals surface area contributed by atoms with Crippen LogP contribution in [0, 0.1) is 0 Å². The summed E-state index contributed by atoms with van der Waals surface area (Å²) in [5.74, 6) is -1.76. The maximum absolute atomic E-state index is 13.2. The molecule has 1 aliphatic carbocycles. The number of nitrogens with zero attached hydrogens (tertiary/aromatic N) is 1. The van der Waals surface area contributed by atoms with Crippen LogP contribution in [0.5, 0.6) is 11.5 Å². The second-order valence-corrected chi connectivity index (χ2v) is 9.40. The predicted molar refractivity (Wildman–Crippen MR) is 127 cm³/mol. The quantitative estimate of drug-likeness (QED) is 0.294. The molecule has 6 nitrogen and oxygen atoms in total. The number of aliphatic hydroxyl groups excluding tert-OH is 1. The monoisotopic (exact) mass is 509 g/mol. The lowest BCUT2D eigenvalue weighted by Gasteiger charge is -2.35. The van der Waals surface area contributed by atoms with E-state index in [1.165, 1.54) is 31.4 Å². The molecule has 9 heteroatoms. The van der Waals surface area contributed by atoms with E-state index in [0.717, 1.165) is 32.1 Å². The number of methoxy groups -OCH3 is 1. The van der Waals surface area contributed by atoms with E-state index in [0.29, 0.717) is 5.56 Å². The van der Waals surface area contributed by atoms with Crippen molar-refractivity contribution in [3.63, 3.8) is 0 Å². The minimum Gasteiger partial charge on any atom is -0.507 e. The Bertz CT molecular complexity index is 1130. The van der Waals surface area contributed by atoms with Crippen molar-refractivity contribution in [1.29, 1.82) is 0 Å². The van der Waals surface area contributed by atoms with Crippen molar-refractivity contribution in [2.24, 2.45) is 0 Å². The lowest BCUT2D eigenvalue weighted by Crippen LogP contribution is -2.40. The highest BCUT2D eigenvalue weighted by molar-refractivity contribution is 6.47. The molecule has 1 atom stereocenters. The summed E-state index contributed by atoms with van der Waals surface area (Å²) in [5.41, 5.74) is 0.613. The van der Waals surface area contributed by atoms with Crippen molar-refractivity contribution in [1.82, 2.24) is 4.90 Å². The molecule has 0 radical (unpaired) electrons. The van der Waals surface area contributed by atoms with Crippen LogP contribution in [0.25, 0.3) is 5.76 Å². The molecule has 1 saturated heterocycles. The Morgan fingerprint density at radius 1 is 1.00 bits per heavy atom. The Kier molecular flexibility index (Phi) is 6.80. The number of ether oxygens (including phenoxy) is 1. The molecule has 0 aromatic heterocycles. The molecule has 2 N–H and O–H groups in total. The summed E-state index contributed by atoms with van der Waals surface area (Å²) in [6, 6.07) is 6.33. The van der Waals surface area contributed by atoms with Gasteiger partial charge in [-0.3, -0.25) is 9.59 Å². The Hall–Kier alpha value is -2.41. The molecule has 1 unspecified atom stereocenters. The third-order valence-electron chi connectivity index (χ3n) is 6.21. The van der Waals surface area contributed by atoms with Crippen molar-refractivity contribution < 1.29 is 24.5 Å². The Morgan fingerprint density at radius 3 is 2.21 bits per heavy atom. The zero-order chi connectivity index (χ0) is 23.9. The van der Waals surface area contributed by atoms with E-state index < -0.39 is 23.5 Å². The molecule has 2 aromatic carbocycles. The smallest absolute Gasteiger partial charge is 0.295 e. The van der Waals surface area contributed by atoms with Gasteiger partial charge in [0.2, 0.25) is 0 Å². The van der Waals surface area contributed by atoms with Gasteiger partial charge in [-0.1, -0.05) is 60.1 Å². The zero-order valence-electron chi connectivity index (χ0n) is 17.8. The number of phenolic OH excluding ortho intramolecular Hbond substituents is 1. The van der Waals surface area contributed by atoms with Crippen molar-refractivity contribution in [2.45, 2.75) is 44.2 Å². The summed E-state index contributed by atoms with van der Waals surface area (Å²) in [6.07, 6.45) is 4.48. The van der Waals surface area contributed by atoms with Gasteiger partial charge in [0.15, 0.2) is 5.75 Å². The lowest BCUT2D eigenvalue weighted by molar-refractivity contribution is -0.141. The molecule has 0 spiro atoms. The van der Waals surface area contributed by atoms with Gasteiger partial charge in [0.05, 0.1) is 33.8 Å². The van der Waals surface area contributed by atoms with Crippen LogP contribution in [-0.4, -0.2) is 40.0 Å². The van der Waals surface area contributed by atoms with E-state index in [2.05, 4.69) is 0 Å². The average Bonchev–Trinajstić information content (AvgIpc) is 3.06. The van der Waals surface area contributed by atoms with E-state index in [4.69, 9.17) is 39.5 Å². The van der Waals surface area contributed by atoms with Crippen molar-refractivity contribution >= 4 is 52.3 Å². The summed E-state index contributed by atoms with van der Waals surface area (Å²) < 4.78 is 5.16. The number of ketones is 1. The number of aromatic hydroxyl groups is 1. The predicted octanol–water partition coefficient (Wildman–Crippen LogP) is 6.12. The van der Waals surface area contributed by atoms with E-state index >= 15 is 0 Å². The summed E-state index contributed by atoms with van der Waals surface area (Å²) in [5, 5.41) is 21.5. The highest BCUT2D eigenvalue weighted by Gasteiger charge is 2.49. The first-order chi connectivity index (χ1) is 15.7. The van der Waals surface area contributed by atoms with Gasteiger partial charge in [-0.2, -0.15) is 0 Å². The number of benzene rings is 2. The SMILES string of the molecule is COc1c(Cl)cc(/C(O)=C2\C(=O)C(=O)N(C3CCCCC3)C2c2ccc(O)c(Cl)c2)cc1Cl. The second-order valence-electron chi connectivity index (χ2n) is 8.18. The fourth-order valence-electron chi connectivity index (χ4n) is 4.65. The molecular formula is C24H22Cl3NO5. The van der Waals surface area contributed by atoms with Crippen LogP contribution in [0.3, 0.4) is 0 Å².